The molecule has 0 aromatic rings. The maximum absolute atomic E-state index is 11.4. The van der Waals surface area contributed by atoms with Crippen molar-refractivity contribution in [2.24, 2.45) is 11.8 Å². The normalized spacial score (nSPS) is 46.3. The van der Waals surface area contributed by atoms with Crippen LogP contribution in [0.5, 0.6) is 0 Å². The van der Waals surface area contributed by atoms with Crippen LogP contribution in [0.3, 0.4) is 0 Å². The Hall–Kier alpha value is -0.570. The molecule has 3 nitrogen and oxygen atoms in total. The van der Waals surface area contributed by atoms with Crippen LogP contribution in [0, 0.1) is 11.8 Å². The Balaban J connectivity index is 1.78. The largest absolute Gasteiger partial charge is 0.480 e. The average Bonchev–Trinajstić information content (AvgIpc) is 2.64. The van der Waals surface area contributed by atoms with Gasteiger partial charge in [-0.2, -0.15) is 0 Å². The zero-order valence-electron chi connectivity index (χ0n) is 10.6. The molecule has 1 saturated heterocycles. The second kappa shape index (κ2) is 4.27. The van der Waals surface area contributed by atoms with Crippen molar-refractivity contribution in [2.75, 3.05) is 0 Å². The van der Waals surface area contributed by atoms with Crippen molar-refractivity contribution >= 4 is 5.97 Å². The summed E-state index contributed by atoms with van der Waals surface area (Å²) >= 11 is 0. The third-order valence-electron chi connectivity index (χ3n) is 5.19. The molecule has 3 rings (SSSR count). The van der Waals surface area contributed by atoms with Crippen molar-refractivity contribution in [3.8, 4) is 0 Å². The molecule has 0 aromatic heterocycles. The van der Waals surface area contributed by atoms with Gasteiger partial charge in [-0.25, -0.2) is 0 Å². The molecule has 3 heteroatoms. The van der Waals surface area contributed by atoms with Crippen molar-refractivity contribution in [3.63, 3.8) is 0 Å². The fraction of sp³-hybridized carbons (Fsp3) is 0.929. The highest BCUT2D eigenvalue weighted by Crippen LogP contribution is 2.45. The summed E-state index contributed by atoms with van der Waals surface area (Å²) in [7, 11) is 0. The summed E-state index contributed by atoms with van der Waals surface area (Å²) in [6.07, 6.45) is 8.44. The Labute approximate surface area is 103 Å². The molecule has 1 N–H and O–H groups in total. The molecule has 0 radical (unpaired) electrons. The minimum Gasteiger partial charge on any atom is -0.480 e. The van der Waals surface area contributed by atoms with E-state index < -0.39 is 5.97 Å². The van der Waals surface area contributed by atoms with Crippen LogP contribution in [0.1, 0.15) is 51.9 Å². The van der Waals surface area contributed by atoms with E-state index in [9.17, 15) is 9.90 Å². The first-order valence-corrected chi connectivity index (χ1v) is 7.17. The van der Waals surface area contributed by atoms with E-state index in [1.807, 2.05) is 0 Å². The smallest absolute Gasteiger partial charge is 0.320 e. The van der Waals surface area contributed by atoms with E-state index in [0.29, 0.717) is 18.0 Å². The summed E-state index contributed by atoms with van der Waals surface area (Å²) in [5.41, 5.74) is 0. The number of carbonyl (C=O) groups is 1. The fourth-order valence-electron chi connectivity index (χ4n) is 4.35. The highest BCUT2D eigenvalue weighted by Gasteiger charge is 2.49. The van der Waals surface area contributed by atoms with Crippen LogP contribution in [0.2, 0.25) is 0 Å². The number of likely N-dealkylation sites (tertiary alicyclic amines) is 1. The SMILES string of the molecule is CC1CC(N2C(C(=O)O)CC3CCCCC32)C1. The second-order valence-corrected chi connectivity index (χ2v) is 6.38. The molecule has 0 aromatic carbocycles. The first-order chi connectivity index (χ1) is 8.16. The molecule has 0 bridgehead atoms. The highest BCUT2D eigenvalue weighted by molar-refractivity contribution is 5.74. The molecule has 3 aliphatic rings. The number of aliphatic carboxylic acids is 1. The molecule has 1 heterocycles. The molecule has 3 fully saturated rings. The summed E-state index contributed by atoms with van der Waals surface area (Å²) in [6, 6.07) is 0.974. The van der Waals surface area contributed by atoms with Gasteiger partial charge < -0.3 is 5.11 Å². The Morgan fingerprint density at radius 2 is 1.88 bits per heavy atom. The molecule has 1 aliphatic heterocycles. The summed E-state index contributed by atoms with van der Waals surface area (Å²) in [4.78, 5) is 13.8. The number of carboxylic acids is 1. The highest BCUT2D eigenvalue weighted by atomic mass is 16.4. The predicted octanol–water partition coefficient (Wildman–Crippen LogP) is 2.50. The van der Waals surface area contributed by atoms with Crippen LogP contribution in [0.25, 0.3) is 0 Å². The Kier molecular flexibility index (Phi) is 2.89. The molecule has 2 saturated carbocycles. The van der Waals surface area contributed by atoms with Gasteiger partial charge >= 0.3 is 5.97 Å². The number of nitrogens with zero attached hydrogens (tertiary/aromatic N) is 1. The van der Waals surface area contributed by atoms with Gasteiger partial charge in [0.2, 0.25) is 0 Å². The van der Waals surface area contributed by atoms with Gasteiger partial charge in [-0.15, -0.1) is 0 Å². The molecule has 17 heavy (non-hydrogen) atoms. The Morgan fingerprint density at radius 3 is 2.53 bits per heavy atom. The molecule has 96 valence electrons. The fourth-order valence-corrected chi connectivity index (χ4v) is 4.35. The lowest BCUT2D eigenvalue weighted by Crippen LogP contribution is -2.53. The van der Waals surface area contributed by atoms with E-state index in [4.69, 9.17) is 0 Å². The van der Waals surface area contributed by atoms with Crippen molar-refractivity contribution in [1.29, 1.82) is 0 Å². The van der Waals surface area contributed by atoms with Gasteiger partial charge in [-0.05, 0) is 43.9 Å². The summed E-state index contributed by atoms with van der Waals surface area (Å²) in [5.74, 6) is 0.886. The van der Waals surface area contributed by atoms with E-state index in [0.717, 1.165) is 12.3 Å². The molecule has 3 atom stereocenters. The van der Waals surface area contributed by atoms with Gasteiger partial charge in [-0.1, -0.05) is 19.8 Å². The van der Waals surface area contributed by atoms with Crippen LogP contribution in [0.15, 0.2) is 0 Å². The van der Waals surface area contributed by atoms with Gasteiger partial charge in [0.1, 0.15) is 6.04 Å². The molecule has 2 aliphatic carbocycles. The quantitative estimate of drug-likeness (QED) is 0.802. The number of fused-ring (bicyclic) bond motifs is 1. The molecular weight excluding hydrogens is 214 g/mol. The average molecular weight is 237 g/mol. The maximum Gasteiger partial charge on any atom is 0.320 e. The van der Waals surface area contributed by atoms with E-state index >= 15 is 0 Å². The van der Waals surface area contributed by atoms with Crippen LogP contribution in [0.4, 0.5) is 0 Å². The second-order valence-electron chi connectivity index (χ2n) is 6.38. The summed E-state index contributed by atoms with van der Waals surface area (Å²) < 4.78 is 0. The minimum absolute atomic E-state index is 0.180. The molecule has 0 spiro atoms. The third-order valence-corrected chi connectivity index (χ3v) is 5.19. The van der Waals surface area contributed by atoms with Gasteiger partial charge in [0, 0.05) is 12.1 Å². The van der Waals surface area contributed by atoms with Crippen LogP contribution in [-0.2, 0) is 4.79 Å². The Morgan fingerprint density at radius 1 is 1.18 bits per heavy atom. The first-order valence-electron chi connectivity index (χ1n) is 7.17. The number of hydrogen-bond acceptors (Lipinski definition) is 2. The van der Waals surface area contributed by atoms with Crippen molar-refractivity contribution < 1.29 is 9.90 Å². The number of hydrogen-bond donors (Lipinski definition) is 1. The maximum atomic E-state index is 11.4. The van der Waals surface area contributed by atoms with Crippen LogP contribution in [-0.4, -0.2) is 34.1 Å². The monoisotopic (exact) mass is 237 g/mol. The van der Waals surface area contributed by atoms with Gasteiger partial charge in [-0.3, -0.25) is 9.69 Å². The predicted molar refractivity (Wildman–Crippen MR) is 65.8 cm³/mol. The van der Waals surface area contributed by atoms with Crippen LogP contribution >= 0.6 is 0 Å². The zero-order valence-corrected chi connectivity index (χ0v) is 10.6. The lowest BCUT2D eigenvalue weighted by Gasteiger charge is -2.45. The topological polar surface area (TPSA) is 40.5 Å². The lowest BCUT2D eigenvalue weighted by molar-refractivity contribution is -0.145. The number of rotatable bonds is 2. The van der Waals surface area contributed by atoms with Gasteiger partial charge in [0.05, 0.1) is 0 Å². The number of carboxylic acid groups (broad SMARTS) is 1. The van der Waals surface area contributed by atoms with E-state index in [-0.39, 0.29) is 6.04 Å². The van der Waals surface area contributed by atoms with Crippen molar-refractivity contribution in [1.82, 2.24) is 4.90 Å². The molecular formula is C14H23NO2. The van der Waals surface area contributed by atoms with Crippen molar-refractivity contribution in [2.45, 2.75) is 70.0 Å². The van der Waals surface area contributed by atoms with Gasteiger partial charge in [0.15, 0.2) is 0 Å². The summed E-state index contributed by atoms with van der Waals surface area (Å²) in [5, 5.41) is 9.42. The van der Waals surface area contributed by atoms with E-state index in [1.54, 1.807) is 0 Å². The summed E-state index contributed by atoms with van der Waals surface area (Å²) in [6.45, 7) is 2.28. The van der Waals surface area contributed by atoms with Gasteiger partial charge in [0.25, 0.3) is 0 Å². The third kappa shape index (κ3) is 1.88. The van der Waals surface area contributed by atoms with E-state index in [2.05, 4.69) is 11.8 Å². The zero-order chi connectivity index (χ0) is 12.0. The molecule has 3 unspecified atom stereocenters. The molecule has 0 amide bonds. The first kappa shape index (κ1) is 11.5. The standard InChI is InChI=1S/C14H23NO2/c1-9-6-11(7-9)15-12-5-3-2-4-10(12)8-13(15)14(16)17/h9-13H,2-8H2,1H3,(H,16,17). The Bertz CT molecular complexity index is 311. The lowest BCUT2D eigenvalue weighted by atomic mass is 9.78. The van der Waals surface area contributed by atoms with Crippen LogP contribution < -0.4 is 0 Å². The van der Waals surface area contributed by atoms with E-state index in [1.165, 1.54) is 38.5 Å². The minimum atomic E-state index is -0.584. The van der Waals surface area contributed by atoms with Crippen molar-refractivity contribution in [3.05, 3.63) is 0 Å².